The molecule has 1 fully saturated rings. The van der Waals surface area contributed by atoms with E-state index < -0.39 is 0 Å². The lowest BCUT2D eigenvalue weighted by Gasteiger charge is -2.24. The minimum atomic E-state index is -0.318. The van der Waals surface area contributed by atoms with Crippen LogP contribution in [0, 0.1) is 6.92 Å². The van der Waals surface area contributed by atoms with Crippen LogP contribution in [0.2, 0.25) is 0 Å². The number of aliphatic hydroxyl groups excluding tert-OH is 1. The monoisotopic (exact) mass is 358 g/mol. The van der Waals surface area contributed by atoms with Crippen LogP contribution >= 0.6 is 11.3 Å². The van der Waals surface area contributed by atoms with Gasteiger partial charge in [-0.15, -0.1) is 11.3 Å². The molecule has 1 aliphatic rings. The molecule has 1 saturated heterocycles. The first kappa shape index (κ1) is 18.1. The van der Waals surface area contributed by atoms with Gasteiger partial charge >= 0.3 is 0 Å². The summed E-state index contributed by atoms with van der Waals surface area (Å²) >= 11 is 1.56. The molecule has 1 aromatic carbocycles. The van der Waals surface area contributed by atoms with E-state index in [1.807, 2.05) is 24.3 Å². The lowest BCUT2D eigenvalue weighted by Crippen LogP contribution is -2.39. The lowest BCUT2D eigenvalue weighted by atomic mass is 10.1. The Morgan fingerprint density at radius 1 is 1.36 bits per heavy atom. The molecular weight excluding hydrogens is 332 g/mol. The molecule has 134 valence electrons. The number of β-amino-alcohol motifs (C(OH)–C–C–N with tert-alkyl or cyclic N) is 1. The van der Waals surface area contributed by atoms with E-state index in [1.165, 1.54) is 16.0 Å². The van der Waals surface area contributed by atoms with E-state index in [9.17, 15) is 9.90 Å². The Morgan fingerprint density at radius 3 is 2.80 bits per heavy atom. The average Bonchev–Trinajstić information content (AvgIpc) is 3.15. The van der Waals surface area contributed by atoms with Crippen molar-refractivity contribution in [2.24, 2.45) is 0 Å². The van der Waals surface area contributed by atoms with E-state index in [2.05, 4.69) is 36.2 Å². The number of carbonyl (C=O) groups is 1. The quantitative estimate of drug-likeness (QED) is 0.835. The van der Waals surface area contributed by atoms with Gasteiger partial charge in [0.15, 0.2) is 0 Å². The average molecular weight is 359 g/mol. The number of hydrogen-bond donors (Lipinski definition) is 2. The van der Waals surface area contributed by atoms with E-state index in [-0.39, 0.29) is 18.1 Å². The zero-order valence-electron chi connectivity index (χ0n) is 14.9. The summed E-state index contributed by atoms with van der Waals surface area (Å²) in [6.45, 7) is 6.21. The molecule has 4 nitrogen and oxygen atoms in total. The summed E-state index contributed by atoms with van der Waals surface area (Å²) in [5, 5.41) is 13.1. The number of nitrogens with one attached hydrogen (secondary N) is 1. The molecule has 0 spiro atoms. The van der Waals surface area contributed by atoms with E-state index in [0.29, 0.717) is 19.5 Å². The third-order valence-electron chi connectivity index (χ3n) is 4.86. The Hall–Kier alpha value is -1.69. The summed E-state index contributed by atoms with van der Waals surface area (Å²) in [4.78, 5) is 16.7. The zero-order valence-corrected chi connectivity index (χ0v) is 15.7. The number of thiophene rings is 1. The Labute approximate surface area is 153 Å². The molecule has 25 heavy (non-hydrogen) atoms. The van der Waals surface area contributed by atoms with Gasteiger partial charge in [0.2, 0.25) is 0 Å². The van der Waals surface area contributed by atoms with Crippen LogP contribution in [-0.4, -0.2) is 41.1 Å². The number of rotatable bonds is 6. The van der Waals surface area contributed by atoms with E-state index in [4.69, 9.17) is 0 Å². The summed E-state index contributed by atoms with van der Waals surface area (Å²) < 4.78 is 0. The van der Waals surface area contributed by atoms with Crippen LogP contribution in [0.15, 0.2) is 36.4 Å². The van der Waals surface area contributed by atoms with E-state index in [1.54, 1.807) is 11.3 Å². The maximum atomic E-state index is 12.4. The van der Waals surface area contributed by atoms with Gasteiger partial charge in [-0.25, -0.2) is 0 Å². The maximum Gasteiger partial charge on any atom is 0.261 e. The molecule has 0 aliphatic carbocycles. The minimum Gasteiger partial charge on any atom is -0.392 e. The molecular formula is C20H26N2O2S. The van der Waals surface area contributed by atoms with Crippen molar-refractivity contribution in [3.63, 3.8) is 0 Å². The molecule has 0 saturated carbocycles. The van der Waals surface area contributed by atoms with Gasteiger partial charge < -0.3 is 10.4 Å². The van der Waals surface area contributed by atoms with Crippen LogP contribution in [0.5, 0.6) is 0 Å². The first-order valence-electron chi connectivity index (χ1n) is 8.90. The molecule has 5 heteroatoms. The van der Waals surface area contributed by atoms with Crippen molar-refractivity contribution in [1.82, 2.24) is 10.2 Å². The fourth-order valence-corrected chi connectivity index (χ4v) is 4.49. The summed E-state index contributed by atoms with van der Waals surface area (Å²) in [6.07, 6.45) is 1.34. The Kier molecular flexibility index (Phi) is 5.89. The van der Waals surface area contributed by atoms with Crippen LogP contribution in [0.4, 0.5) is 0 Å². The highest BCUT2D eigenvalue weighted by Gasteiger charge is 2.31. The highest BCUT2D eigenvalue weighted by atomic mass is 32.1. The van der Waals surface area contributed by atoms with Gasteiger partial charge in [0.1, 0.15) is 0 Å². The van der Waals surface area contributed by atoms with E-state index >= 15 is 0 Å². The minimum absolute atomic E-state index is 0.00569. The summed E-state index contributed by atoms with van der Waals surface area (Å²) in [5.74, 6) is -0.00569. The fraction of sp³-hybridized carbons (Fsp3) is 0.450. The van der Waals surface area contributed by atoms with Gasteiger partial charge in [0.05, 0.1) is 11.0 Å². The molecule has 2 N–H and O–H groups in total. The molecule has 2 aromatic rings. The lowest BCUT2D eigenvalue weighted by molar-refractivity contribution is 0.0944. The molecule has 1 amide bonds. The van der Waals surface area contributed by atoms with Crippen molar-refractivity contribution in [3.8, 4) is 0 Å². The number of carbonyl (C=O) groups excluding carboxylic acids is 1. The van der Waals surface area contributed by atoms with Gasteiger partial charge in [-0.1, -0.05) is 37.3 Å². The molecule has 2 heterocycles. The number of hydrogen-bond acceptors (Lipinski definition) is 4. The van der Waals surface area contributed by atoms with Crippen LogP contribution in [0.25, 0.3) is 0 Å². The van der Waals surface area contributed by atoms with Crippen molar-refractivity contribution >= 4 is 17.2 Å². The first-order valence-corrected chi connectivity index (χ1v) is 9.72. The number of amides is 1. The van der Waals surface area contributed by atoms with Crippen LogP contribution in [0.1, 0.15) is 39.0 Å². The second kappa shape index (κ2) is 8.13. The van der Waals surface area contributed by atoms with Gasteiger partial charge in [-0.05, 0) is 37.0 Å². The summed E-state index contributed by atoms with van der Waals surface area (Å²) in [7, 11) is 0. The number of likely N-dealkylation sites (tertiary alicyclic amines) is 1. The van der Waals surface area contributed by atoms with Crippen molar-refractivity contribution in [1.29, 1.82) is 0 Å². The van der Waals surface area contributed by atoms with Crippen molar-refractivity contribution < 1.29 is 9.90 Å². The molecule has 0 radical (unpaired) electrons. The van der Waals surface area contributed by atoms with Crippen molar-refractivity contribution in [3.05, 3.63) is 57.3 Å². The van der Waals surface area contributed by atoms with Crippen LogP contribution in [0.3, 0.4) is 0 Å². The van der Waals surface area contributed by atoms with Gasteiger partial charge in [0, 0.05) is 30.6 Å². The number of benzene rings is 1. The number of nitrogens with zero attached hydrogens (tertiary/aromatic N) is 1. The largest absolute Gasteiger partial charge is 0.392 e. The smallest absolute Gasteiger partial charge is 0.261 e. The SMILES string of the molecule is CCc1cc(C(=O)NC[C@H]2C[C@H](O)CN2Cc2ccccc2)sc1C. The van der Waals surface area contributed by atoms with Gasteiger partial charge in [-0.3, -0.25) is 9.69 Å². The zero-order chi connectivity index (χ0) is 17.8. The third kappa shape index (κ3) is 4.48. The maximum absolute atomic E-state index is 12.4. The molecule has 1 aliphatic heterocycles. The normalized spacial score (nSPS) is 20.8. The predicted octanol–water partition coefficient (Wildman–Crippen LogP) is 2.98. The van der Waals surface area contributed by atoms with Gasteiger partial charge in [0.25, 0.3) is 5.91 Å². The molecule has 2 atom stereocenters. The third-order valence-corrected chi connectivity index (χ3v) is 5.95. The Morgan fingerprint density at radius 2 is 2.12 bits per heavy atom. The van der Waals surface area contributed by atoms with Crippen LogP contribution in [-0.2, 0) is 13.0 Å². The van der Waals surface area contributed by atoms with Crippen molar-refractivity contribution in [2.45, 2.75) is 45.4 Å². The second-order valence-electron chi connectivity index (χ2n) is 6.71. The number of aliphatic hydroxyl groups is 1. The topological polar surface area (TPSA) is 52.6 Å². The summed E-state index contributed by atoms with van der Waals surface area (Å²) in [5.41, 5.74) is 2.48. The van der Waals surface area contributed by atoms with Crippen LogP contribution < -0.4 is 5.32 Å². The fourth-order valence-electron chi connectivity index (χ4n) is 3.46. The predicted molar refractivity (Wildman–Crippen MR) is 102 cm³/mol. The molecule has 0 unspecified atom stereocenters. The Balaban J connectivity index is 1.59. The molecule has 0 bridgehead atoms. The Bertz CT molecular complexity index is 714. The summed E-state index contributed by atoms with van der Waals surface area (Å²) in [6, 6.07) is 12.4. The van der Waals surface area contributed by atoms with E-state index in [0.717, 1.165) is 17.8 Å². The molecule has 1 aromatic heterocycles. The highest BCUT2D eigenvalue weighted by molar-refractivity contribution is 7.14. The highest BCUT2D eigenvalue weighted by Crippen LogP contribution is 2.23. The van der Waals surface area contributed by atoms with Gasteiger partial charge in [-0.2, -0.15) is 0 Å². The second-order valence-corrected chi connectivity index (χ2v) is 7.97. The number of aryl methyl sites for hydroxylation is 2. The first-order chi connectivity index (χ1) is 12.1. The van der Waals surface area contributed by atoms with Crippen molar-refractivity contribution in [2.75, 3.05) is 13.1 Å². The standard InChI is InChI=1S/C20H26N2O2S/c1-3-16-9-19(25-14(16)2)20(24)21-11-17-10-18(23)13-22(17)12-15-7-5-4-6-8-15/h4-9,17-18,23H,3,10-13H2,1-2H3,(H,21,24)/t17-,18+/m1/s1. The molecule has 3 rings (SSSR count).